The second-order valence-electron chi connectivity index (χ2n) is 3.17. The zero-order valence-electron chi connectivity index (χ0n) is 7.42. The summed E-state index contributed by atoms with van der Waals surface area (Å²) in [5.41, 5.74) is 7.23. The average Bonchev–Trinajstić information content (AvgIpc) is 2.04. The van der Waals surface area contributed by atoms with Crippen molar-refractivity contribution in [3.63, 3.8) is 0 Å². The topological polar surface area (TPSA) is 26.0 Å². The molecule has 0 heterocycles. The summed E-state index contributed by atoms with van der Waals surface area (Å²) < 4.78 is 13.3. The molecule has 0 fully saturated rings. The molecule has 0 saturated carbocycles. The highest BCUT2D eigenvalue weighted by atomic mass is 19.1. The van der Waals surface area contributed by atoms with Crippen molar-refractivity contribution in [2.24, 2.45) is 5.73 Å². The van der Waals surface area contributed by atoms with E-state index in [4.69, 9.17) is 5.73 Å². The quantitative estimate of drug-likeness (QED) is 0.719. The van der Waals surface area contributed by atoms with Crippen LogP contribution in [0.4, 0.5) is 4.39 Å². The third kappa shape index (κ3) is 2.05. The van der Waals surface area contributed by atoms with Crippen LogP contribution in [0.5, 0.6) is 0 Å². The molecule has 1 aromatic rings. The van der Waals surface area contributed by atoms with Crippen LogP contribution < -0.4 is 5.73 Å². The lowest BCUT2D eigenvalue weighted by Crippen LogP contribution is -2.21. The molecule has 2 atom stereocenters. The molecule has 0 radical (unpaired) electrons. The van der Waals surface area contributed by atoms with Gasteiger partial charge >= 0.3 is 0 Å². The van der Waals surface area contributed by atoms with Crippen LogP contribution in [-0.4, -0.2) is 6.04 Å². The van der Waals surface area contributed by atoms with Gasteiger partial charge in [0.15, 0.2) is 0 Å². The first-order valence-electron chi connectivity index (χ1n) is 4.07. The number of halogens is 1. The highest BCUT2D eigenvalue weighted by Crippen LogP contribution is 2.19. The Kier molecular flexibility index (Phi) is 2.82. The summed E-state index contributed by atoms with van der Waals surface area (Å²) in [5, 5.41) is 0. The Hall–Kier alpha value is -0.890. The normalized spacial score (nSPS) is 15.7. The number of hydrogen-bond acceptors (Lipinski definition) is 1. The summed E-state index contributed by atoms with van der Waals surface area (Å²) in [6.07, 6.45) is -1.05. The van der Waals surface area contributed by atoms with Gasteiger partial charge in [-0.2, -0.15) is 0 Å². The molecule has 0 aliphatic rings. The highest BCUT2D eigenvalue weighted by Gasteiger charge is 2.13. The van der Waals surface area contributed by atoms with E-state index in [2.05, 4.69) is 0 Å². The fourth-order valence-electron chi connectivity index (χ4n) is 1.05. The van der Waals surface area contributed by atoms with Crippen molar-refractivity contribution in [2.75, 3.05) is 0 Å². The summed E-state index contributed by atoms with van der Waals surface area (Å²) >= 11 is 0. The number of hydrogen-bond donors (Lipinski definition) is 1. The Bertz CT molecular complexity index is 241. The van der Waals surface area contributed by atoms with Crippen LogP contribution in [0.25, 0.3) is 0 Å². The van der Waals surface area contributed by atoms with Crippen molar-refractivity contribution in [3.05, 3.63) is 35.4 Å². The first-order valence-corrected chi connectivity index (χ1v) is 4.07. The Morgan fingerprint density at radius 3 is 2.17 bits per heavy atom. The van der Waals surface area contributed by atoms with Crippen LogP contribution in [0.2, 0.25) is 0 Å². The molecule has 2 N–H and O–H groups in total. The molecule has 12 heavy (non-hydrogen) atoms. The third-order valence-corrected chi connectivity index (χ3v) is 1.86. The van der Waals surface area contributed by atoms with Crippen molar-refractivity contribution in [3.8, 4) is 0 Å². The predicted molar refractivity (Wildman–Crippen MR) is 48.7 cm³/mol. The van der Waals surface area contributed by atoms with Crippen LogP contribution in [-0.2, 0) is 0 Å². The lowest BCUT2D eigenvalue weighted by molar-refractivity contribution is 0.300. The van der Waals surface area contributed by atoms with Crippen LogP contribution >= 0.6 is 0 Å². The minimum atomic E-state index is -1.05. The molecule has 2 heteroatoms. The Morgan fingerprint density at radius 1 is 1.25 bits per heavy atom. The van der Waals surface area contributed by atoms with Gasteiger partial charge < -0.3 is 5.73 Å². The first-order chi connectivity index (χ1) is 5.61. The van der Waals surface area contributed by atoms with Gasteiger partial charge in [-0.3, -0.25) is 0 Å². The fourth-order valence-corrected chi connectivity index (χ4v) is 1.05. The van der Waals surface area contributed by atoms with Gasteiger partial charge in [0.05, 0.1) is 0 Å². The lowest BCUT2D eigenvalue weighted by atomic mass is 10.0. The fraction of sp³-hybridized carbons (Fsp3) is 0.400. The average molecular weight is 167 g/mol. The van der Waals surface area contributed by atoms with Crippen molar-refractivity contribution in [1.29, 1.82) is 0 Å². The first kappa shape index (κ1) is 9.20. The SMILES string of the molecule is Cc1ccc(C(F)C(C)N)cc1. The van der Waals surface area contributed by atoms with Crippen LogP contribution in [0, 0.1) is 6.92 Å². The van der Waals surface area contributed by atoms with Crippen molar-refractivity contribution in [1.82, 2.24) is 0 Å². The summed E-state index contributed by atoms with van der Waals surface area (Å²) in [4.78, 5) is 0. The van der Waals surface area contributed by atoms with Crippen molar-refractivity contribution < 1.29 is 4.39 Å². The summed E-state index contributed by atoms with van der Waals surface area (Å²) in [5.74, 6) is 0. The monoisotopic (exact) mass is 167 g/mol. The molecule has 0 aliphatic heterocycles. The van der Waals surface area contributed by atoms with E-state index in [1.54, 1.807) is 19.1 Å². The van der Waals surface area contributed by atoms with E-state index in [0.29, 0.717) is 5.56 Å². The molecule has 0 saturated heterocycles. The molecule has 1 rings (SSSR count). The predicted octanol–water partition coefficient (Wildman–Crippen LogP) is 2.35. The second-order valence-corrected chi connectivity index (χ2v) is 3.17. The summed E-state index contributed by atoms with van der Waals surface area (Å²) in [6, 6.07) is 6.91. The molecular weight excluding hydrogens is 153 g/mol. The lowest BCUT2D eigenvalue weighted by Gasteiger charge is -2.11. The molecule has 0 aliphatic carbocycles. The molecule has 0 spiro atoms. The molecule has 0 aromatic heterocycles. The molecule has 2 unspecified atom stereocenters. The molecule has 66 valence electrons. The third-order valence-electron chi connectivity index (χ3n) is 1.86. The van der Waals surface area contributed by atoms with E-state index in [-0.39, 0.29) is 0 Å². The van der Waals surface area contributed by atoms with E-state index < -0.39 is 12.2 Å². The van der Waals surface area contributed by atoms with Crippen molar-refractivity contribution >= 4 is 0 Å². The number of alkyl halides is 1. The van der Waals surface area contributed by atoms with Gasteiger partial charge in [0.2, 0.25) is 0 Å². The van der Waals surface area contributed by atoms with Crippen LogP contribution in [0.15, 0.2) is 24.3 Å². The zero-order chi connectivity index (χ0) is 9.14. The highest BCUT2D eigenvalue weighted by molar-refractivity contribution is 5.23. The molecule has 1 aromatic carbocycles. The van der Waals surface area contributed by atoms with Gasteiger partial charge in [-0.05, 0) is 19.4 Å². The maximum Gasteiger partial charge on any atom is 0.140 e. The van der Waals surface area contributed by atoms with Crippen LogP contribution in [0.3, 0.4) is 0 Å². The number of benzene rings is 1. The van der Waals surface area contributed by atoms with E-state index in [0.717, 1.165) is 5.56 Å². The minimum Gasteiger partial charge on any atom is -0.325 e. The zero-order valence-corrected chi connectivity index (χ0v) is 7.42. The van der Waals surface area contributed by atoms with Gasteiger partial charge in [0.1, 0.15) is 6.17 Å². The minimum absolute atomic E-state index is 0.437. The summed E-state index contributed by atoms with van der Waals surface area (Å²) in [6.45, 7) is 3.65. The Morgan fingerprint density at radius 2 is 1.75 bits per heavy atom. The number of nitrogens with two attached hydrogens (primary N) is 1. The van der Waals surface area contributed by atoms with Gasteiger partial charge in [-0.25, -0.2) is 4.39 Å². The maximum absolute atomic E-state index is 13.3. The Labute approximate surface area is 72.4 Å². The van der Waals surface area contributed by atoms with Gasteiger partial charge in [0.25, 0.3) is 0 Å². The molecule has 0 bridgehead atoms. The van der Waals surface area contributed by atoms with Gasteiger partial charge in [0, 0.05) is 6.04 Å². The maximum atomic E-state index is 13.3. The van der Waals surface area contributed by atoms with Crippen LogP contribution in [0.1, 0.15) is 24.2 Å². The number of rotatable bonds is 2. The number of aryl methyl sites for hydroxylation is 1. The standard InChI is InChI=1S/C10H14FN/c1-7-3-5-9(6-4-7)10(11)8(2)12/h3-6,8,10H,12H2,1-2H3. The van der Waals surface area contributed by atoms with Gasteiger partial charge in [-0.1, -0.05) is 29.8 Å². The van der Waals surface area contributed by atoms with Crippen molar-refractivity contribution in [2.45, 2.75) is 26.1 Å². The summed E-state index contributed by atoms with van der Waals surface area (Å²) in [7, 11) is 0. The molecule has 0 amide bonds. The Balaban J connectivity index is 2.82. The van der Waals surface area contributed by atoms with Gasteiger partial charge in [-0.15, -0.1) is 0 Å². The van der Waals surface area contributed by atoms with E-state index in [9.17, 15) is 4.39 Å². The smallest absolute Gasteiger partial charge is 0.140 e. The van der Waals surface area contributed by atoms with E-state index in [1.807, 2.05) is 19.1 Å². The second kappa shape index (κ2) is 3.68. The largest absolute Gasteiger partial charge is 0.325 e. The molecule has 1 nitrogen and oxygen atoms in total. The van der Waals surface area contributed by atoms with E-state index in [1.165, 1.54) is 0 Å². The molecular formula is C10H14FN. The van der Waals surface area contributed by atoms with E-state index >= 15 is 0 Å².